The summed E-state index contributed by atoms with van der Waals surface area (Å²) in [6.45, 7) is 3.04. The Balaban J connectivity index is 0.00000280. The van der Waals surface area contributed by atoms with Crippen LogP contribution in [0.15, 0.2) is 23.3 Å². The second-order valence-corrected chi connectivity index (χ2v) is 8.85. The number of halogens is 1. The van der Waals surface area contributed by atoms with Crippen LogP contribution in [-0.4, -0.2) is 48.6 Å². The molecule has 5 nitrogen and oxygen atoms in total. The number of nitrogens with one attached hydrogen (secondary N) is 2. The molecule has 7 heteroatoms. The predicted molar refractivity (Wildman–Crippen MR) is 133 cm³/mol. The van der Waals surface area contributed by atoms with Gasteiger partial charge in [-0.2, -0.15) is 11.8 Å². The molecule has 2 fully saturated rings. The van der Waals surface area contributed by atoms with E-state index in [2.05, 4.69) is 43.9 Å². The molecular formula is C21H36IN5S. The van der Waals surface area contributed by atoms with Crippen molar-refractivity contribution in [2.45, 2.75) is 69.2 Å². The van der Waals surface area contributed by atoms with Crippen molar-refractivity contribution in [3.05, 3.63) is 23.9 Å². The summed E-state index contributed by atoms with van der Waals surface area (Å²) in [5, 5.41) is 7.90. The van der Waals surface area contributed by atoms with E-state index in [1.54, 1.807) is 0 Å². The Morgan fingerprint density at radius 2 is 2.00 bits per heavy atom. The average molecular weight is 518 g/mol. The molecule has 1 aromatic heterocycles. The minimum absolute atomic E-state index is 0. The number of nitrogens with zero attached hydrogens (tertiary/aromatic N) is 3. The monoisotopic (exact) mass is 517 g/mol. The van der Waals surface area contributed by atoms with Crippen LogP contribution in [0.5, 0.6) is 0 Å². The van der Waals surface area contributed by atoms with Gasteiger partial charge in [0.05, 0.1) is 0 Å². The molecule has 1 aromatic rings. The van der Waals surface area contributed by atoms with Gasteiger partial charge in [0.2, 0.25) is 0 Å². The van der Waals surface area contributed by atoms with Gasteiger partial charge in [0.15, 0.2) is 5.96 Å². The molecule has 2 atom stereocenters. The van der Waals surface area contributed by atoms with E-state index in [1.807, 2.05) is 25.0 Å². The lowest BCUT2D eigenvalue weighted by Gasteiger charge is -2.30. The Hall–Kier alpha value is -0.700. The summed E-state index contributed by atoms with van der Waals surface area (Å²) >= 11 is 2.00. The lowest BCUT2D eigenvalue weighted by Crippen LogP contribution is -2.45. The first-order chi connectivity index (χ1) is 13.3. The third kappa shape index (κ3) is 7.28. The highest BCUT2D eigenvalue weighted by atomic mass is 127. The highest BCUT2D eigenvalue weighted by molar-refractivity contribution is 14.0. The first kappa shape index (κ1) is 23.6. The van der Waals surface area contributed by atoms with E-state index in [-0.39, 0.29) is 24.0 Å². The molecule has 1 saturated carbocycles. The van der Waals surface area contributed by atoms with E-state index in [9.17, 15) is 0 Å². The molecule has 158 valence electrons. The fourth-order valence-corrected chi connectivity index (χ4v) is 4.93. The van der Waals surface area contributed by atoms with E-state index in [1.165, 1.54) is 56.9 Å². The normalized spacial score (nSPS) is 23.5. The van der Waals surface area contributed by atoms with E-state index in [0.29, 0.717) is 6.04 Å². The maximum atomic E-state index is 4.61. The quantitative estimate of drug-likeness (QED) is 0.344. The number of guanidine groups is 1. The van der Waals surface area contributed by atoms with Crippen LogP contribution >= 0.6 is 35.7 Å². The second kappa shape index (κ2) is 12.8. The molecule has 0 radical (unpaired) electrons. The molecule has 28 heavy (non-hydrogen) atoms. The molecule has 2 heterocycles. The number of hydrogen-bond acceptors (Lipinski definition) is 4. The minimum Gasteiger partial charge on any atom is -0.357 e. The molecular weight excluding hydrogens is 481 g/mol. The number of rotatable bonds is 5. The van der Waals surface area contributed by atoms with Crippen LogP contribution in [0.25, 0.3) is 0 Å². The van der Waals surface area contributed by atoms with Gasteiger partial charge in [-0.3, -0.25) is 4.99 Å². The zero-order chi connectivity index (χ0) is 18.9. The van der Waals surface area contributed by atoms with Gasteiger partial charge in [0.1, 0.15) is 5.82 Å². The van der Waals surface area contributed by atoms with E-state index in [4.69, 9.17) is 0 Å². The molecule has 2 unspecified atom stereocenters. The minimum atomic E-state index is 0. The summed E-state index contributed by atoms with van der Waals surface area (Å²) in [6, 6.07) is 4.87. The van der Waals surface area contributed by atoms with Crippen LogP contribution in [0, 0.1) is 0 Å². The number of aromatic nitrogens is 1. The Morgan fingerprint density at radius 1 is 1.21 bits per heavy atom. The Labute approximate surface area is 192 Å². The van der Waals surface area contributed by atoms with Gasteiger partial charge < -0.3 is 15.5 Å². The molecule has 0 aromatic carbocycles. The number of anilines is 1. The molecule has 1 aliphatic carbocycles. The summed E-state index contributed by atoms with van der Waals surface area (Å²) in [6.07, 6.45) is 14.5. The van der Waals surface area contributed by atoms with E-state index in [0.717, 1.165) is 36.7 Å². The maximum absolute atomic E-state index is 4.61. The van der Waals surface area contributed by atoms with Crippen molar-refractivity contribution in [1.29, 1.82) is 0 Å². The van der Waals surface area contributed by atoms with E-state index < -0.39 is 0 Å². The third-order valence-electron chi connectivity index (χ3n) is 5.72. The summed E-state index contributed by atoms with van der Waals surface area (Å²) in [7, 11) is 1.86. The number of pyridine rings is 1. The van der Waals surface area contributed by atoms with Gasteiger partial charge in [0.25, 0.3) is 0 Å². The topological polar surface area (TPSA) is 52.6 Å². The van der Waals surface area contributed by atoms with Crippen LogP contribution in [0.1, 0.15) is 56.9 Å². The largest absolute Gasteiger partial charge is 0.357 e. The lowest BCUT2D eigenvalue weighted by atomic mass is 9.95. The van der Waals surface area contributed by atoms with Gasteiger partial charge in [-0.15, -0.1) is 24.0 Å². The summed E-state index contributed by atoms with van der Waals surface area (Å²) in [5.41, 5.74) is 1.26. The Bertz CT molecular complexity index is 604. The van der Waals surface area contributed by atoms with Crippen LogP contribution < -0.4 is 15.5 Å². The molecule has 1 saturated heterocycles. The SMILES string of the molecule is CN=C(NCc1ccnc(N2CCCCCC2)c1)NC1CCCC(SC)C1.I. The van der Waals surface area contributed by atoms with Crippen LogP contribution in [0.4, 0.5) is 5.82 Å². The smallest absolute Gasteiger partial charge is 0.191 e. The maximum Gasteiger partial charge on any atom is 0.191 e. The first-order valence-corrected chi connectivity index (χ1v) is 11.8. The second-order valence-electron chi connectivity index (χ2n) is 7.71. The molecule has 0 bridgehead atoms. The predicted octanol–water partition coefficient (Wildman–Crippen LogP) is 4.42. The van der Waals surface area contributed by atoms with Crippen molar-refractivity contribution in [3.8, 4) is 0 Å². The molecule has 3 rings (SSSR count). The van der Waals surface area contributed by atoms with Crippen molar-refractivity contribution < 1.29 is 0 Å². The van der Waals surface area contributed by atoms with Gasteiger partial charge in [0, 0.05) is 44.2 Å². The lowest BCUT2D eigenvalue weighted by molar-refractivity contribution is 0.419. The van der Waals surface area contributed by atoms with Crippen molar-refractivity contribution in [2.75, 3.05) is 31.3 Å². The average Bonchev–Trinajstić information content (AvgIpc) is 3.01. The van der Waals surface area contributed by atoms with Gasteiger partial charge in [-0.05, 0) is 56.1 Å². The number of thioether (sulfide) groups is 1. The van der Waals surface area contributed by atoms with E-state index >= 15 is 0 Å². The molecule has 1 aliphatic heterocycles. The fourth-order valence-electron chi connectivity index (χ4n) is 4.11. The third-order valence-corrected chi connectivity index (χ3v) is 6.82. The number of hydrogen-bond donors (Lipinski definition) is 2. The zero-order valence-electron chi connectivity index (χ0n) is 17.3. The summed E-state index contributed by atoms with van der Waals surface area (Å²) < 4.78 is 0. The summed E-state index contributed by atoms with van der Waals surface area (Å²) in [5.74, 6) is 2.03. The van der Waals surface area contributed by atoms with Gasteiger partial charge in [-0.1, -0.05) is 19.3 Å². The van der Waals surface area contributed by atoms with Gasteiger partial charge >= 0.3 is 0 Å². The van der Waals surface area contributed by atoms with Crippen LogP contribution in [0.2, 0.25) is 0 Å². The van der Waals surface area contributed by atoms with Crippen LogP contribution in [0.3, 0.4) is 0 Å². The molecule has 2 aliphatic rings. The Morgan fingerprint density at radius 3 is 2.71 bits per heavy atom. The van der Waals surface area contributed by atoms with Crippen molar-refractivity contribution in [2.24, 2.45) is 4.99 Å². The molecule has 0 spiro atoms. The first-order valence-electron chi connectivity index (χ1n) is 10.5. The number of aliphatic imine (C=N–C) groups is 1. The highest BCUT2D eigenvalue weighted by Crippen LogP contribution is 2.26. The van der Waals surface area contributed by atoms with Crippen LogP contribution in [-0.2, 0) is 6.54 Å². The molecule has 2 N–H and O–H groups in total. The fraction of sp³-hybridized carbons (Fsp3) is 0.714. The van der Waals surface area contributed by atoms with Crippen molar-refractivity contribution in [3.63, 3.8) is 0 Å². The highest BCUT2D eigenvalue weighted by Gasteiger charge is 2.21. The molecule has 0 amide bonds. The summed E-state index contributed by atoms with van der Waals surface area (Å²) in [4.78, 5) is 11.5. The van der Waals surface area contributed by atoms with Crippen molar-refractivity contribution >= 4 is 47.5 Å². The van der Waals surface area contributed by atoms with Crippen molar-refractivity contribution in [1.82, 2.24) is 15.6 Å². The zero-order valence-corrected chi connectivity index (χ0v) is 20.5. The standard InChI is InChI=1S/C21H35N5S.HI/c1-22-21(25-18-8-7-9-19(15-18)27-2)24-16-17-10-11-23-20(14-17)26-12-5-3-4-6-13-26;/h10-11,14,18-19H,3-9,12-13,15-16H2,1-2H3,(H2,22,24,25);1H. The Kier molecular flexibility index (Phi) is 10.8. The van der Waals surface area contributed by atoms with Gasteiger partial charge in [-0.25, -0.2) is 4.98 Å².